The fraction of sp³-hybridized carbons (Fsp3) is 0.286. The lowest BCUT2D eigenvalue weighted by Gasteiger charge is -2.16. The Hall–Kier alpha value is -5.47. The minimum absolute atomic E-state index is 0.00507. The van der Waals surface area contributed by atoms with Crippen LogP contribution in [0.15, 0.2) is 63.7 Å². The Kier molecular flexibility index (Phi) is 8.19. The van der Waals surface area contributed by atoms with E-state index >= 15 is 0 Å². The summed E-state index contributed by atoms with van der Waals surface area (Å²) in [4.78, 5) is 14.6. The lowest BCUT2D eigenvalue weighted by Crippen LogP contribution is -2.12. The van der Waals surface area contributed by atoms with Crippen molar-refractivity contribution in [1.82, 2.24) is 29.6 Å². The van der Waals surface area contributed by atoms with Gasteiger partial charge in [0.05, 0.1) is 28.6 Å². The van der Waals surface area contributed by atoms with Crippen LogP contribution < -0.4 is 4.74 Å². The van der Waals surface area contributed by atoms with E-state index in [0.717, 1.165) is 4.68 Å². The molecule has 17 heteroatoms. The number of nitriles is 1. The first-order valence-corrected chi connectivity index (χ1v) is 15.1. The van der Waals surface area contributed by atoms with Gasteiger partial charge in [-0.25, -0.2) is 9.67 Å². The highest BCUT2D eigenvalue weighted by Crippen LogP contribution is 2.36. The molecular formula is C28H28N10O6S. The van der Waals surface area contributed by atoms with Crippen molar-refractivity contribution in [3.8, 4) is 17.5 Å². The second kappa shape index (κ2) is 11.9. The van der Waals surface area contributed by atoms with E-state index in [1.165, 1.54) is 47.1 Å². The molecule has 0 fully saturated rings. The van der Waals surface area contributed by atoms with Crippen LogP contribution in [0.2, 0.25) is 0 Å². The number of nitrogens with one attached hydrogen (secondary N) is 1. The highest BCUT2D eigenvalue weighted by Gasteiger charge is 2.27. The number of benzene rings is 2. The number of nitro groups is 1. The fourth-order valence-electron chi connectivity index (χ4n) is 4.52. The third kappa shape index (κ3) is 6.41. The summed E-state index contributed by atoms with van der Waals surface area (Å²) in [5.41, 5.74) is 1.30. The first-order valence-electron chi connectivity index (χ1n) is 13.6. The smallest absolute Gasteiger partial charge is 0.296 e. The molecule has 0 saturated carbocycles. The van der Waals surface area contributed by atoms with E-state index in [0.29, 0.717) is 48.1 Å². The summed E-state index contributed by atoms with van der Waals surface area (Å²) < 4.78 is 42.3. The van der Waals surface area contributed by atoms with Gasteiger partial charge >= 0.3 is 0 Å². The van der Waals surface area contributed by atoms with E-state index in [1.54, 1.807) is 13.0 Å². The number of rotatable bonds is 10. The molecule has 45 heavy (non-hydrogen) atoms. The van der Waals surface area contributed by atoms with Crippen molar-refractivity contribution < 1.29 is 22.6 Å². The second-order valence-electron chi connectivity index (χ2n) is 11.0. The summed E-state index contributed by atoms with van der Waals surface area (Å²) in [6.45, 7) is 7.80. The Balaban J connectivity index is 1.45. The van der Waals surface area contributed by atoms with Crippen LogP contribution in [0.3, 0.4) is 0 Å². The maximum absolute atomic E-state index is 12.1. The predicted octanol–water partition coefficient (Wildman–Crippen LogP) is 5.30. The number of ether oxygens (including phenoxy) is 1. The summed E-state index contributed by atoms with van der Waals surface area (Å²) in [7, 11) is -4.63. The number of fused-ring (bicyclic) bond motifs is 1. The summed E-state index contributed by atoms with van der Waals surface area (Å²) in [5, 5.41) is 41.6. The molecule has 5 aromatic rings. The second-order valence-corrected chi connectivity index (χ2v) is 12.4. The molecule has 0 aliphatic rings. The molecule has 16 nitrogen and oxygen atoms in total. The van der Waals surface area contributed by atoms with Crippen LogP contribution in [0.4, 0.5) is 17.2 Å². The van der Waals surface area contributed by atoms with Crippen molar-refractivity contribution in [1.29, 1.82) is 5.26 Å². The molecule has 0 bridgehead atoms. The topological polar surface area (TPSA) is 219 Å². The van der Waals surface area contributed by atoms with Gasteiger partial charge in [-0.1, -0.05) is 32.9 Å². The van der Waals surface area contributed by atoms with Gasteiger partial charge in [-0.15, -0.1) is 15.3 Å². The van der Waals surface area contributed by atoms with Crippen LogP contribution in [0.25, 0.3) is 11.3 Å². The number of para-hydroxylation sites is 1. The van der Waals surface area contributed by atoms with Gasteiger partial charge in [0.15, 0.2) is 17.3 Å². The maximum Gasteiger partial charge on any atom is 0.296 e. The van der Waals surface area contributed by atoms with Gasteiger partial charge < -0.3 is 4.74 Å². The normalized spacial score (nSPS) is 12.2. The lowest BCUT2D eigenvalue weighted by atomic mass is 9.91. The average Bonchev–Trinajstić information content (AvgIpc) is 3.64. The Morgan fingerprint density at radius 3 is 2.49 bits per heavy atom. The molecule has 0 spiro atoms. The van der Waals surface area contributed by atoms with Crippen molar-refractivity contribution in [3.05, 3.63) is 81.4 Å². The summed E-state index contributed by atoms with van der Waals surface area (Å²) in [6.07, 6.45) is 1.02. The third-order valence-electron chi connectivity index (χ3n) is 6.69. The van der Waals surface area contributed by atoms with Gasteiger partial charge in [0.2, 0.25) is 5.65 Å². The molecule has 0 unspecified atom stereocenters. The number of aryl methyl sites for hydroxylation is 2. The zero-order chi connectivity index (χ0) is 32.5. The monoisotopic (exact) mass is 632 g/mol. The Morgan fingerprint density at radius 2 is 1.84 bits per heavy atom. The van der Waals surface area contributed by atoms with Crippen molar-refractivity contribution in [2.45, 2.75) is 50.8 Å². The zero-order valence-corrected chi connectivity index (χ0v) is 25.5. The molecule has 0 aliphatic heterocycles. The SMILES string of the molecule is Cc1nn(-c2ccccc2S(=O)(=O)O)c(N=Nc2c(C(C)(C)C)[nH]n3nc(CCCOc4ccc([N+](=O)[O-])cc4)nc23)c1C#N. The highest BCUT2D eigenvalue weighted by atomic mass is 32.2. The molecule has 0 radical (unpaired) electrons. The van der Waals surface area contributed by atoms with Gasteiger partial charge in [0.1, 0.15) is 22.3 Å². The molecule has 3 heterocycles. The molecule has 2 aromatic carbocycles. The Bertz CT molecular complexity index is 2080. The number of non-ortho nitro benzene ring substituents is 1. The predicted molar refractivity (Wildman–Crippen MR) is 160 cm³/mol. The van der Waals surface area contributed by atoms with Gasteiger partial charge in [-0.05, 0) is 37.6 Å². The van der Waals surface area contributed by atoms with E-state index in [4.69, 9.17) is 4.74 Å². The number of nitrogens with zero attached hydrogens (tertiary/aromatic N) is 9. The number of aromatic amines is 1. The van der Waals surface area contributed by atoms with Crippen molar-refractivity contribution in [2.75, 3.05) is 6.61 Å². The zero-order valence-electron chi connectivity index (χ0n) is 24.7. The first-order chi connectivity index (χ1) is 21.3. The fourth-order valence-corrected chi connectivity index (χ4v) is 5.19. The van der Waals surface area contributed by atoms with E-state index in [1.807, 2.05) is 26.8 Å². The van der Waals surface area contributed by atoms with E-state index in [-0.39, 0.29) is 28.5 Å². The van der Waals surface area contributed by atoms with Gasteiger partial charge in [-0.3, -0.25) is 19.8 Å². The van der Waals surface area contributed by atoms with E-state index < -0.39 is 25.4 Å². The number of H-pyrrole nitrogens is 1. The van der Waals surface area contributed by atoms with Crippen molar-refractivity contribution in [2.24, 2.45) is 10.2 Å². The lowest BCUT2D eigenvalue weighted by molar-refractivity contribution is -0.384. The Labute approximate surface area is 256 Å². The minimum Gasteiger partial charge on any atom is -0.494 e. The maximum atomic E-state index is 12.1. The van der Waals surface area contributed by atoms with Crippen molar-refractivity contribution >= 4 is 33.0 Å². The molecule has 3 aromatic heterocycles. The molecule has 232 valence electrons. The third-order valence-corrected chi connectivity index (χ3v) is 7.59. The number of nitro benzene ring substituents is 1. The number of hydrogen-bond acceptors (Lipinski definition) is 11. The minimum atomic E-state index is -4.63. The van der Waals surface area contributed by atoms with Crippen LogP contribution >= 0.6 is 0 Å². The largest absolute Gasteiger partial charge is 0.494 e. The molecule has 0 saturated heterocycles. The van der Waals surface area contributed by atoms with Crippen molar-refractivity contribution in [3.63, 3.8) is 0 Å². The van der Waals surface area contributed by atoms with Gasteiger partial charge in [0.25, 0.3) is 15.8 Å². The molecule has 0 aliphatic carbocycles. The molecule has 5 rings (SSSR count). The van der Waals surface area contributed by atoms with Crippen LogP contribution in [0.5, 0.6) is 5.75 Å². The van der Waals surface area contributed by atoms with Crippen LogP contribution in [-0.4, -0.2) is 54.1 Å². The first kappa shape index (κ1) is 31.0. The van der Waals surface area contributed by atoms with Crippen LogP contribution in [0, 0.1) is 28.4 Å². The van der Waals surface area contributed by atoms with Gasteiger partial charge in [-0.2, -0.15) is 23.4 Å². The summed E-state index contributed by atoms with van der Waals surface area (Å²) in [5.74, 6) is 0.980. The van der Waals surface area contributed by atoms with Crippen LogP contribution in [-0.2, 0) is 22.0 Å². The molecule has 0 amide bonds. The highest BCUT2D eigenvalue weighted by molar-refractivity contribution is 7.86. The molecular weight excluding hydrogens is 604 g/mol. The summed E-state index contributed by atoms with van der Waals surface area (Å²) >= 11 is 0. The summed E-state index contributed by atoms with van der Waals surface area (Å²) in [6, 6.07) is 13.5. The van der Waals surface area contributed by atoms with Crippen LogP contribution in [0.1, 0.15) is 50.0 Å². The van der Waals surface area contributed by atoms with Gasteiger partial charge in [0, 0.05) is 24.0 Å². The number of aromatic nitrogens is 6. The quantitative estimate of drug-likeness (QED) is 0.0664. The number of hydrogen-bond donors (Lipinski definition) is 2. The van der Waals surface area contributed by atoms with E-state index in [9.17, 15) is 28.3 Å². The standard InChI is InChI=1S/C28H28N10O6S/c1-17-20(16-29)26(36(33-17)21-8-5-6-9-22(21)45(41,42)43)32-31-24-25(28(2,3)4)35-37-27(24)30-23(34-37)10-7-15-44-19-13-11-18(12-14-19)38(39)40/h5-6,8-9,11-14,35H,7,10,15H2,1-4H3,(H,41,42,43). The number of azo groups is 1. The van der Waals surface area contributed by atoms with E-state index in [2.05, 4.69) is 30.5 Å². The molecule has 0 atom stereocenters. The average molecular weight is 633 g/mol. The Morgan fingerprint density at radius 1 is 1.13 bits per heavy atom. The molecule has 2 N–H and O–H groups in total.